The molecule has 0 spiro atoms. The third kappa shape index (κ3) is 3.48. The number of carbonyl (C=O) groups is 1. The molecule has 2 heterocycles. The lowest BCUT2D eigenvalue weighted by atomic mass is 10.2. The molecule has 0 atom stereocenters. The molecule has 0 radical (unpaired) electrons. The highest BCUT2D eigenvalue weighted by atomic mass is 35.5. The molecular formula is C16H14ClN3O2S2. The summed E-state index contributed by atoms with van der Waals surface area (Å²) in [5, 5.41) is 5.74. The SMILES string of the molecule is CSc1nc2ccsc2c(=O)n1CC(=O)NCc1ccccc1Cl. The Kier molecular flexibility index (Phi) is 5.23. The van der Waals surface area contributed by atoms with Gasteiger partial charge in [0.2, 0.25) is 5.91 Å². The number of fused-ring (bicyclic) bond motifs is 1. The van der Waals surface area contributed by atoms with E-state index in [2.05, 4.69) is 10.3 Å². The summed E-state index contributed by atoms with van der Waals surface area (Å²) in [6, 6.07) is 9.12. The van der Waals surface area contributed by atoms with Gasteiger partial charge in [0.25, 0.3) is 5.56 Å². The number of aromatic nitrogens is 2. The minimum absolute atomic E-state index is 0.0691. The van der Waals surface area contributed by atoms with Gasteiger partial charge in [-0.15, -0.1) is 11.3 Å². The van der Waals surface area contributed by atoms with Crippen molar-refractivity contribution >= 4 is 50.8 Å². The van der Waals surface area contributed by atoms with Crippen LogP contribution in [-0.2, 0) is 17.9 Å². The maximum absolute atomic E-state index is 12.6. The second-order valence-electron chi connectivity index (χ2n) is 4.99. The highest BCUT2D eigenvalue weighted by molar-refractivity contribution is 7.98. The zero-order valence-electron chi connectivity index (χ0n) is 12.8. The van der Waals surface area contributed by atoms with Crippen molar-refractivity contribution in [1.82, 2.24) is 14.9 Å². The summed E-state index contributed by atoms with van der Waals surface area (Å²) in [5.41, 5.74) is 1.31. The summed E-state index contributed by atoms with van der Waals surface area (Å²) in [6.45, 7) is 0.247. The molecule has 3 aromatic rings. The van der Waals surface area contributed by atoms with Crippen LogP contribution in [0.5, 0.6) is 0 Å². The lowest BCUT2D eigenvalue weighted by molar-refractivity contribution is -0.122. The Bertz CT molecular complexity index is 952. The molecule has 0 unspecified atom stereocenters. The standard InChI is InChI=1S/C16H14ClN3O2S2/c1-23-16-19-12-6-7-24-14(12)15(22)20(16)9-13(21)18-8-10-4-2-3-5-11(10)17/h2-7H,8-9H2,1H3,(H,18,21). The van der Waals surface area contributed by atoms with Gasteiger partial charge in [-0.05, 0) is 29.3 Å². The second-order valence-corrected chi connectivity index (χ2v) is 7.09. The summed E-state index contributed by atoms with van der Waals surface area (Å²) >= 11 is 8.75. The summed E-state index contributed by atoms with van der Waals surface area (Å²) in [5.74, 6) is -0.259. The molecule has 0 aliphatic heterocycles. The molecule has 3 rings (SSSR count). The number of nitrogens with zero attached hydrogens (tertiary/aromatic N) is 2. The third-order valence-corrected chi connectivity index (χ3v) is 5.39. The molecule has 1 N–H and O–H groups in total. The predicted molar refractivity (Wildman–Crippen MR) is 99.0 cm³/mol. The molecule has 24 heavy (non-hydrogen) atoms. The molecule has 5 nitrogen and oxygen atoms in total. The number of hydrogen-bond acceptors (Lipinski definition) is 5. The number of benzene rings is 1. The van der Waals surface area contributed by atoms with Crippen molar-refractivity contribution in [2.24, 2.45) is 0 Å². The van der Waals surface area contributed by atoms with Crippen molar-refractivity contribution in [2.75, 3.05) is 6.26 Å². The van der Waals surface area contributed by atoms with Gasteiger partial charge in [0.05, 0.1) is 5.52 Å². The van der Waals surface area contributed by atoms with Crippen LogP contribution in [0, 0.1) is 0 Å². The van der Waals surface area contributed by atoms with E-state index in [9.17, 15) is 9.59 Å². The van der Waals surface area contributed by atoms with E-state index < -0.39 is 0 Å². The van der Waals surface area contributed by atoms with Crippen LogP contribution in [0.2, 0.25) is 5.02 Å². The normalized spacial score (nSPS) is 10.9. The fraction of sp³-hybridized carbons (Fsp3) is 0.188. The number of rotatable bonds is 5. The smallest absolute Gasteiger partial charge is 0.272 e. The van der Waals surface area contributed by atoms with Gasteiger partial charge in [-0.1, -0.05) is 41.6 Å². The molecule has 0 aliphatic rings. The van der Waals surface area contributed by atoms with E-state index in [4.69, 9.17) is 11.6 Å². The van der Waals surface area contributed by atoms with Crippen molar-refractivity contribution in [3.05, 3.63) is 56.7 Å². The fourth-order valence-corrected chi connectivity index (χ4v) is 3.79. The average molecular weight is 380 g/mol. The summed E-state index contributed by atoms with van der Waals surface area (Å²) in [7, 11) is 0. The minimum atomic E-state index is -0.259. The molecule has 0 fully saturated rings. The molecular weight excluding hydrogens is 366 g/mol. The van der Waals surface area contributed by atoms with Crippen LogP contribution < -0.4 is 10.9 Å². The van der Waals surface area contributed by atoms with Gasteiger partial charge >= 0.3 is 0 Å². The molecule has 0 aliphatic carbocycles. The average Bonchev–Trinajstić information content (AvgIpc) is 3.05. The fourth-order valence-electron chi connectivity index (χ4n) is 2.25. The van der Waals surface area contributed by atoms with E-state index in [0.717, 1.165) is 5.56 Å². The van der Waals surface area contributed by atoms with Crippen LogP contribution in [0.15, 0.2) is 45.7 Å². The van der Waals surface area contributed by atoms with E-state index >= 15 is 0 Å². The van der Waals surface area contributed by atoms with Crippen molar-refractivity contribution in [3.8, 4) is 0 Å². The zero-order chi connectivity index (χ0) is 17.1. The third-order valence-electron chi connectivity index (χ3n) is 3.45. The zero-order valence-corrected chi connectivity index (χ0v) is 15.2. The quantitative estimate of drug-likeness (QED) is 0.546. The maximum Gasteiger partial charge on any atom is 0.272 e. The topological polar surface area (TPSA) is 64.0 Å². The van der Waals surface area contributed by atoms with E-state index in [-0.39, 0.29) is 18.0 Å². The van der Waals surface area contributed by atoms with Crippen LogP contribution >= 0.6 is 34.7 Å². The number of carbonyl (C=O) groups excluding carboxylic acids is 1. The molecule has 0 bridgehead atoms. The van der Waals surface area contributed by atoms with E-state index in [1.54, 1.807) is 6.07 Å². The minimum Gasteiger partial charge on any atom is -0.350 e. The molecule has 124 valence electrons. The summed E-state index contributed by atoms with van der Waals surface area (Å²) < 4.78 is 1.97. The van der Waals surface area contributed by atoms with Gasteiger partial charge in [-0.3, -0.25) is 14.2 Å². The van der Waals surface area contributed by atoms with Crippen molar-refractivity contribution in [3.63, 3.8) is 0 Å². The van der Waals surface area contributed by atoms with Crippen LogP contribution in [0.1, 0.15) is 5.56 Å². The number of hydrogen-bond donors (Lipinski definition) is 1. The van der Waals surface area contributed by atoms with Gasteiger partial charge in [0.15, 0.2) is 5.16 Å². The molecule has 2 aromatic heterocycles. The molecule has 1 amide bonds. The van der Waals surface area contributed by atoms with Crippen LogP contribution in [-0.4, -0.2) is 21.7 Å². The van der Waals surface area contributed by atoms with Crippen LogP contribution in [0.25, 0.3) is 10.2 Å². The van der Waals surface area contributed by atoms with Crippen molar-refractivity contribution in [1.29, 1.82) is 0 Å². The molecule has 0 saturated carbocycles. The Balaban J connectivity index is 1.79. The van der Waals surface area contributed by atoms with Crippen LogP contribution in [0.3, 0.4) is 0 Å². The number of thioether (sulfide) groups is 1. The molecule has 8 heteroatoms. The Hall–Kier alpha value is -1.83. The highest BCUT2D eigenvalue weighted by Crippen LogP contribution is 2.19. The predicted octanol–water partition coefficient (Wildman–Crippen LogP) is 3.15. The number of thiophene rings is 1. The maximum atomic E-state index is 12.6. The van der Waals surface area contributed by atoms with E-state index in [1.807, 2.05) is 35.9 Å². The second kappa shape index (κ2) is 7.38. The van der Waals surface area contributed by atoms with Gasteiger partial charge in [-0.25, -0.2) is 4.98 Å². The summed E-state index contributed by atoms with van der Waals surface area (Å²) in [4.78, 5) is 29.2. The number of amides is 1. The van der Waals surface area contributed by atoms with E-state index in [1.165, 1.54) is 27.7 Å². The Labute approximate surface area is 151 Å². The largest absolute Gasteiger partial charge is 0.350 e. The van der Waals surface area contributed by atoms with Gasteiger partial charge in [0, 0.05) is 11.6 Å². The van der Waals surface area contributed by atoms with Crippen molar-refractivity contribution < 1.29 is 4.79 Å². The van der Waals surface area contributed by atoms with Gasteiger partial charge in [0.1, 0.15) is 11.2 Å². The monoisotopic (exact) mass is 379 g/mol. The lowest BCUT2D eigenvalue weighted by Gasteiger charge is -2.11. The Morgan fingerprint density at radius 2 is 2.17 bits per heavy atom. The summed E-state index contributed by atoms with van der Waals surface area (Å²) in [6.07, 6.45) is 1.83. The van der Waals surface area contributed by atoms with Crippen molar-refractivity contribution in [2.45, 2.75) is 18.2 Å². The van der Waals surface area contributed by atoms with E-state index in [0.29, 0.717) is 26.9 Å². The molecule has 1 aromatic carbocycles. The Morgan fingerprint density at radius 1 is 1.38 bits per heavy atom. The first-order valence-electron chi connectivity index (χ1n) is 7.12. The molecule has 0 saturated heterocycles. The first kappa shape index (κ1) is 17.0. The van der Waals surface area contributed by atoms with Crippen LogP contribution in [0.4, 0.5) is 0 Å². The first-order chi connectivity index (χ1) is 11.6. The number of halogens is 1. The Morgan fingerprint density at radius 3 is 2.92 bits per heavy atom. The van der Waals surface area contributed by atoms with Gasteiger partial charge in [-0.2, -0.15) is 0 Å². The highest BCUT2D eigenvalue weighted by Gasteiger charge is 2.14. The van der Waals surface area contributed by atoms with Gasteiger partial charge < -0.3 is 5.32 Å². The number of nitrogens with one attached hydrogen (secondary N) is 1. The lowest BCUT2D eigenvalue weighted by Crippen LogP contribution is -2.33. The first-order valence-corrected chi connectivity index (χ1v) is 9.60.